The molecule has 0 atom stereocenters. The summed E-state index contributed by atoms with van der Waals surface area (Å²) in [5.74, 6) is -1.25. The normalized spacial score (nSPS) is 10.7. The van der Waals surface area contributed by atoms with E-state index in [-0.39, 0.29) is 18.0 Å². The number of methoxy groups -OCH3 is 1. The number of carbonyl (C=O) groups is 2. The monoisotopic (exact) mass is 421 g/mol. The van der Waals surface area contributed by atoms with Gasteiger partial charge in [0.25, 0.3) is 5.91 Å². The average Bonchev–Trinajstić information content (AvgIpc) is 3.23. The molecule has 4 rings (SSSR count). The molecule has 0 fully saturated rings. The second kappa shape index (κ2) is 8.38. The molecular formula is C22H16FN3O3S. The van der Waals surface area contributed by atoms with E-state index < -0.39 is 11.8 Å². The quantitative estimate of drug-likeness (QED) is 0.445. The molecule has 2 aromatic heterocycles. The number of ether oxygens (including phenoxy) is 1. The van der Waals surface area contributed by atoms with Crippen molar-refractivity contribution in [2.75, 3.05) is 12.0 Å². The van der Waals surface area contributed by atoms with Crippen LogP contribution in [0.4, 0.5) is 9.52 Å². The Bertz CT molecular complexity index is 1210. The molecule has 0 aliphatic rings. The SMILES string of the molecule is COC(=O)c1ccc(C(=O)N(Cc2cccnc2)c2nc3c(F)cccc3s2)cc1. The summed E-state index contributed by atoms with van der Waals surface area (Å²) in [4.78, 5) is 34.9. The van der Waals surface area contributed by atoms with E-state index in [0.717, 1.165) is 5.56 Å². The highest BCUT2D eigenvalue weighted by Crippen LogP contribution is 2.32. The zero-order valence-corrected chi connectivity index (χ0v) is 16.7. The summed E-state index contributed by atoms with van der Waals surface area (Å²) in [7, 11) is 1.29. The summed E-state index contributed by atoms with van der Waals surface area (Å²) in [5.41, 5.74) is 1.74. The van der Waals surface area contributed by atoms with E-state index in [1.165, 1.54) is 41.5 Å². The van der Waals surface area contributed by atoms with Crippen molar-refractivity contribution < 1.29 is 18.7 Å². The van der Waals surface area contributed by atoms with Gasteiger partial charge in [-0.2, -0.15) is 0 Å². The number of esters is 1. The molecule has 30 heavy (non-hydrogen) atoms. The first-order valence-electron chi connectivity index (χ1n) is 9.01. The van der Waals surface area contributed by atoms with E-state index in [0.29, 0.717) is 21.0 Å². The van der Waals surface area contributed by atoms with E-state index >= 15 is 0 Å². The molecule has 150 valence electrons. The van der Waals surface area contributed by atoms with Gasteiger partial charge in [0.15, 0.2) is 5.13 Å². The van der Waals surface area contributed by atoms with Crippen LogP contribution in [0.25, 0.3) is 10.2 Å². The van der Waals surface area contributed by atoms with Crippen molar-refractivity contribution in [2.45, 2.75) is 6.54 Å². The van der Waals surface area contributed by atoms with E-state index in [9.17, 15) is 14.0 Å². The van der Waals surface area contributed by atoms with Crippen molar-refractivity contribution in [3.8, 4) is 0 Å². The van der Waals surface area contributed by atoms with E-state index in [1.807, 2.05) is 6.07 Å². The molecule has 0 saturated carbocycles. The van der Waals surface area contributed by atoms with Crippen LogP contribution < -0.4 is 4.90 Å². The maximum atomic E-state index is 14.2. The van der Waals surface area contributed by atoms with Gasteiger partial charge in [0.1, 0.15) is 11.3 Å². The lowest BCUT2D eigenvalue weighted by molar-refractivity contribution is 0.0600. The van der Waals surface area contributed by atoms with Crippen molar-refractivity contribution in [1.82, 2.24) is 9.97 Å². The third-order valence-corrected chi connectivity index (χ3v) is 5.49. The number of fused-ring (bicyclic) bond motifs is 1. The number of anilines is 1. The third kappa shape index (κ3) is 3.90. The first kappa shape index (κ1) is 19.7. The molecule has 4 aromatic rings. The van der Waals surface area contributed by atoms with Crippen LogP contribution >= 0.6 is 11.3 Å². The second-order valence-electron chi connectivity index (χ2n) is 6.40. The van der Waals surface area contributed by atoms with Crippen LogP contribution in [0.15, 0.2) is 67.0 Å². The zero-order valence-electron chi connectivity index (χ0n) is 15.9. The summed E-state index contributed by atoms with van der Waals surface area (Å²) in [5, 5.41) is 0.376. The standard InChI is InChI=1S/C22H16FN3O3S/c1-29-21(28)16-9-7-15(8-10-16)20(27)26(13-14-4-3-11-24-12-14)22-25-19-17(23)5-2-6-18(19)30-22/h2-12H,13H2,1H3. The van der Waals surface area contributed by atoms with Crippen LogP contribution in [0.1, 0.15) is 26.3 Å². The molecule has 0 aliphatic heterocycles. The molecule has 2 aromatic carbocycles. The molecule has 0 bridgehead atoms. The lowest BCUT2D eigenvalue weighted by atomic mass is 10.1. The number of hydrogen-bond donors (Lipinski definition) is 0. The first-order valence-corrected chi connectivity index (χ1v) is 9.82. The van der Waals surface area contributed by atoms with Gasteiger partial charge in [0, 0.05) is 18.0 Å². The minimum atomic E-state index is -0.483. The lowest BCUT2D eigenvalue weighted by Gasteiger charge is -2.20. The predicted molar refractivity (Wildman–Crippen MR) is 112 cm³/mol. The van der Waals surface area contributed by atoms with E-state index in [4.69, 9.17) is 4.74 Å². The summed E-state index contributed by atoms with van der Waals surface area (Å²) >= 11 is 1.23. The van der Waals surface area contributed by atoms with Crippen LogP contribution in [0, 0.1) is 5.82 Å². The maximum absolute atomic E-state index is 14.2. The average molecular weight is 421 g/mol. The van der Waals surface area contributed by atoms with E-state index in [2.05, 4.69) is 9.97 Å². The molecule has 0 spiro atoms. The summed E-state index contributed by atoms with van der Waals surface area (Å²) in [6.07, 6.45) is 3.31. The fourth-order valence-corrected chi connectivity index (χ4v) is 3.92. The van der Waals surface area contributed by atoms with Gasteiger partial charge in [-0.25, -0.2) is 14.2 Å². The summed E-state index contributed by atoms with van der Waals surface area (Å²) in [6, 6.07) is 14.5. The molecule has 2 heterocycles. The largest absolute Gasteiger partial charge is 0.465 e. The third-order valence-electron chi connectivity index (χ3n) is 4.45. The molecule has 0 radical (unpaired) electrons. The number of hydrogen-bond acceptors (Lipinski definition) is 6. The minimum absolute atomic E-state index is 0.215. The smallest absolute Gasteiger partial charge is 0.337 e. The van der Waals surface area contributed by atoms with Crippen molar-refractivity contribution in [2.24, 2.45) is 0 Å². The zero-order chi connectivity index (χ0) is 21.1. The number of rotatable bonds is 5. The Kier molecular flexibility index (Phi) is 5.49. The molecule has 8 heteroatoms. The Morgan fingerprint density at radius 3 is 2.50 bits per heavy atom. The summed E-state index contributed by atoms with van der Waals surface area (Å²) in [6.45, 7) is 0.215. The predicted octanol–water partition coefficient (Wildman–Crippen LogP) is 4.46. The van der Waals surface area contributed by atoms with Crippen LogP contribution in [-0.4, -0.2) is 29.0 Å². The highest BCUT2D eigenvalue weighted by Gasteiger charge is 2.23. The second-order valence-corrected chi connectivity index (χ2v) is 7.41. The van der Waals surface area contributed by atoms with Gasteiger partial charge >= 0.3 is 5.97 Å². The van der Waals surface area contributed by atoms with Crippen molar-refractivity contribution in [3.63, 3.8) is 0 Å². The van der Waals surface area contributed by atoms with Crippen LogP contribution in [-0.2, 0) is 11.3 Å². The van der Waals surface area contributed by atoms with Crippen molar-refractivity contribution in [3.05, 3.63) is 89.5 Å². The first-order chi connectivity index (χ1) is 14.6. The van der Waals surface area contributed by atoms with Gasteiger partial charge in [-0.1, -0.05) is 23.5 Å². The van der Waals surface area contributed by atoms with Gasteiger partial charge in [0.05, 0.1) is 23.9 Å². The van der Waals surface area contributed by atoms with Crippen molar-refractivity contribution in [1.29, 1.82) is 0 Å². The molecule has 1 amide bonds. The van der Waals surface area contributed by atoms with E-state index in [1.54, 1.807) is 42.7 Å². The number of para-hydroxylation sites is 1. The Balaban J connectivity index is 1.73. The summed E-state index contributed by atoms with van der Waals surface area (Å²) < 4.78 is 19.5. The highest BCUT2D eigenvalue weighted by molar-refractivity contribution is 7.22. The number of pyridine rings is 1. The molecule has 0 aliphatic carbocycles. The molecule has 6 nitrogen and oxygen atoms in total. The molecule has 0 unspecified atom stereocenters. The molecular weight excluding hydrogens is 405 g/mol. The van der Waals surface area contributed by atoms with Crippen LogP contribution in [0.3, 0.4) is 0 Å². The van der Waals surface area contributed by atoms with Crippen molar-refractivity contribution >= 4 is 38.6 Å². The van der Waals surface area contributed by atoms with Gasteiger partial charge < -0.3 is 4.74 Å². The Labute approximate surface area is 175 Å². The van der Waals surface area contributed by atoms with Crippen LogP contribution in [0.2, 0.25) is 0 Å². The number of carbonyl (C=O) groups excluding carboxylic acids is 2. The Morgan fingerprint density at radius 2 is 1.83 bits per heavy atom. The Morgan fingerprint density at radius 1 is 1.07 bits per heavy atom. The number of amides is 1. The maximum Gasteiger partial charge on any atom is 0.337 e. The highest BCUT2D eigenvalue weighted by atomic mass is 32.1. The fraction of sp³-hybridized carbons (Fsp3) is 0.0909. The van der Waals surface area contributed by atoms with Gasteiger partial charge in [-0.3, -0.25) is 14.7 Å². The fourth-order valence-electron chi connectivity index (χ4n) is 2.94. The molecule has 0 saturated heterocycles. The van der Waals surface area contributed by atoms with Gasteiger partial charge in [-0.05, 0) is 48.0 Å². The van der Waals surface area contributed by atoms with Crippen LogP contribution in [0.5, 0.6) is 0 Å². The Hall–Kier alpha value is -3.65. The van der Waals surface area contributed by atoms with Gasteiger partial charge in [0.2, 0.25) is 0 Å². The number of nitrogens with zero attached hydrogens (tertiary/aromatic N) is 3. The topological polar surface area (TPSA) is 72.4 Å². The minimum Gasteiger partial charge on any atom is -0.465 e. The lowest BCUT2D eigenvalue weighted by Crippen LogP contribution is -2.30. The number of thiazole rings is 1. The number of benzene rings is 2. The van der Waals surface area contributed by atoms with Gasteiger partial charge in [-0.15, -0.1) is 0 Å². The number of halogens is 1. The molecule has 0 N–H and O–H groups in total. The number of aromatic nitrogens is 2.